The lowest BCUT2D eigenvalue weighted by Gasteiger charge is -2.25. The summed E-state index contributed by atoms with van der Waals surface area (Å²) in [6.45, 7) is 3.51. The molecule has 0 spiro atoms. The van der Waals surface area contributed by atoms with Crippen LogP contribution >= 0.6 is 11.8 Å². The van der Waals surface area contributed by atoms with Crippen LogP contribution in [0.2, 0.25) is 0 Å². The number of ether oxygens (including phenoxy) is 2. The van der Waals surface area contributed by atoms with Crippen LogP contribution in [0.4, 0.5) is 5.69 Å². The van der Waals surface area contributed by atoms with Crippen LogP contribution in [0.15, 0.2) is 52.8 Å². The number of fused-ring (bicyclic) bond motifs is 1. The fourth-order valence-corrected chi connectivity index (χ4v) is 4.17. The predicted molar refractivity (Wildman–Crippen MR) is 116 cm³/mol. The number of benzene rings is 2. The van der Waals surface area contributed by atoms with Gasteiger partial charge in [0.2, 0.25) is 0 Å². The molecule has 10 nitrogen and oxygen atoms in total. The summed E-state index contributed by atoms with van der Waals surface area (Å²) in [6, 6.07) is 10.0. The van der Waals surface area contributed by atoms with Crippen LogP contribution in [0.3, 0.4) is 0 Å². The Hall–Kier alpha value is -3.60. The Morgan fingerprint density at radius 2 is 2.09 bits per heavy atom. The van der Waals surface area contributed by atoms with Crippen LogP contribution in [0.1, 0.15) is 22.8 Å². The molecule has 166 valence electrons. The summed E-state index contributed by atoms with van der Waals surface area (Å²) in [5.41, 5.74) is 0.901. The second-order valence-corrected chi connectivity index (χ2v) is 8.04. The maximum atomic E-state index is 13.2. The molecule has 0 bridgehead atoms. The van der Waals surface area contributed by atoms with Gasteiger partial charge in [0.05, 0.1) is 9.82 Å². The van der Waals surface area contributed by atoms with E-state index in [0.29, 0.717) is 47.9 Å². The largest absolute Gasteiger partial charge is 0.486 e. The van der Waals surface area contributed by atoms with Crippen molar-refractivity contribution in [1.82, 2.24) is 19.7 Å². The molecule has 2 heterocycles. The third-order valence-electron chi connectivity index (χ3n) is 4.95. The third kappa shape index (κ3) is 4.37. The zero-order chi connectivity index (χ0) is 22.7. The minimum atomic E-state index is -0.496. The molecular weight excluding hydrogens is 434 g/mol. The highest BCUT2D eigenvalue weighted by Gasteiger charge is 2.24. The van der Waals surface area contributed by atoms with E-state index >= 15 is 0 Å². The van der Waals surface area contributed by atoms with Crippen molar-refractivity contribution in [3.05, 3.63) is 64.0 Å². The van der Waals surface area contributed by atoms with E-state index in [-0.39, 0.29) is 17.2 Å². The summed E-state index contributed by atoms with van der Waals surface area (Å²) in [6.07, 6.45) is 1.52. The number of hydrogen-bond donors (Lipinski definition) is 0. The van der Waals surface area contributed by atoms with Crippen molar-refractivity contribution in [2.45, 2.75) is 23.5 Å². The molecule has 0 N–H and O–H groups in total. The van der Waals surface area contributed by atoms with Gasteiger partial charge in [-0.15, -0.1) is 10.2 Å². The van der Waals surface area contributed by atoms with Gasteiger partial charge in [-0.2, -0.15) is 0 Å². The molecule has 2 aromatic carbocycles. The second-order valence-electron chi connectivity index (χ2n) is 7.03. The fourth-order valence-electron chi connectivity index (χ4n) is 3.32. The lowest BCUT2D eigenvalue weighted by molar-refractivity contribution is -0.387. The van der Waals surface area contributed by atoms with Gasteiger partial charge in [0.25, 0.3) is 11.6 Å². The summed E-state index contributed by atoms with van der Waals surface area (Å²) < 4.78 is 13.0. The maximum Gasteiger partial charge on any atom is 0.284 e. The standard InChI is InChI=1S/C21H21N5O5S/c1-3-25(12-15-5-4-6-17-19(15)31-10-9-30-17)20(27)14-7-8-18(16(11-14)26(28)29)32-21-23-22-13-24(21)2/h4-8,11,13H,3,9-10,12H2,1-2H3. The number of amides is 1. The Morgan fingerprint density at radius 1 is 1.28 bits per heavy atom. The third-order valence-corrected chi connectivity index (χ3v) is 6.07. The number of aryl methyl sites for hydroxylation is 1. The first-order valence-electron chi connectivity index (χ1n) is 9.95. The number of rotatable bonds is 7. The van der Waals surface area contributed by atoms with Crippen molar-refractivity contribution in [2.75, 3.05) is 19.8 Å². The minimum absolute atomic E-state index is 0.159. The predicted octanol–water partition coefficient (Wildman–Crippen LogP) is 3.31. The van der Waals surface area contributed by atoms with E-state index < -0.39 is 4.92 Å². The van der Waals surface area contributed by atoms with Crippen molar-refractivity contribution in [1.29, 1.82) is 0 Å². The molecular formula is C21H21N5O5S. The number of carbonyl (C=O) groups excluding carboxylic acids is 1. The molecule has 1 aliphatic heterocycles. The molecule has 11 heteroatoms. The smallest absolute Gasteiger partial charge is 0.284 e. The van der Waals surface area contributed by atoms with Crippen molar-refractivity contribution in [2.24, 2.45) is 7.05 Å². The van der Waals surface area contributed by atoms with Crippen LogP contribution in [0.25, 0.3) is 0 Å². The molecule has 1 amide bonds. The molecule has 1 aliphatic rings. The van der Waals surface area contributed by atoms with Gasteiger partial charge in [-0.3, -0.25) is 14.9 Å². The van der Waals surface area contributed by atoms with Gasteiger partial charge >= 0.3 is 0 Å². The van der Waals surface area contributed by atoms with E-state index in [2.05, 4.69) is 10.2 Å². The van der Waals surface area contributed by atoms with E-state index in [1.807, 2.05) is 25.1 Å². The lowest BCUT2D eigenvalue weighted by atomic mass is 10.1. The summed E-state index contributed by atoms with van der Waals surface area (Å²) in [4.78, 5) is 26.4. The first-order chi connectivity index (χ1) is 15.5. The van der Waals surface area contributed by atoms with Gasteiger partial charge in [0, 0.05) is 37.3 Å². The molecule has 4 rings (SSSR count). The van der Waals surface area contributed by atoms with Gasteiger partial charge in [-0.1, -0.05) is 12.1 Å². The highest BCUT2D eigenvalue weighted by molar-refractivity contribution is 7.99. The number of nitro benzene ring substituents is 1. The van der Waals surface area contributed by atoms with E-state index in [0.717, 1.165) is 17.3 Å². The normalized spacial score (nSPS) is 12.4. The molecule has 3 aromatic rings. The monoisotopic (exact) mass is 455 g/mol. The van der Waals surface area contributed by atoms with Gasteiger partial charge in [0.15, 0.2) is 16.7 Å². The van der Waals surface area contributed by atoms with E-state index in [1.54, 1.807) is 28.6 Å². The van der Waals surface area contributed by atoms with Crippen molar-refractivity contribution in [3.8, 4) is 11.5 Å². The van der Waals surface area contributed by atoms with Gasteiger partial charge in [0.1, 0.15) is 19.5 Å². The van der Waals surface area contributed by atoms with Gasteiger partial charge < -0.3 is 18.9 Å². The molecule has 0 radical (unpaired) electrons. The average molecular weight is 455 g/mol. The number of aromatic nitrogens is 3. The average Bonchev–Trinajstić information content (AvgIpc) is 3.21. The van der Waals surface area contributed by atoms with Crippen molar-refractivity contribution >= 4 is 23.4 Å². The molecule has 0 fully saturated rings. The Labute approximate surface area is 188 Å². The highest BCUT2D eigenvalue weighted by Crippen LogP contribution is 2.36. The molecule has 32 heavy (non-hydrogen) atoms. The van der Waals surface area contributed by atoms with Crippen molar-refractivity contribution in [3.63, 3.8) is 0 Å². The number of nitrogens with zero attached hydrogens (tertiary/aromatic N) is 5. The number of para-hydroxylation sites is 1. The van der Waals surface area contributed by atoms with Crippen LogP contribution in [-0.4, -0.2) is 50.3 Å². The fraction of sp³-hybridized carbons (Fsp3) is 0.286. The number of nitro groups is 1. The van der Waals surface area contributed by atoms with Crippen LogP contribution in [0.5, 0.6) is 11.5 Å². The summed E-state index contributed by atoms with van der Waals surface area (Å²) in [5.74, 6) is 0.976. The molecule has 0 saturated carbocycles. The molecule has 1 aromatic heterocycles. The van der Waals surface area contributed by atoms with Crippen LogP contribution in [0, 0.1) is 10.1 Å². The number of carbonyl (C=O) groups is 1. The van der Waals surface area contributed by atoms with E-state index in [1.165, 1.54) is 12.4 Å². The highest BCUT2D eigenvalue weighted by atomic mass is 32.2. The SMILES string of the molecule is CCN(Cc1cccc2c1OCCO2)C(=O)c1ccc(Sc2nncn2C)c([N+](=O)[O-])c1. The molecule has 0 aliphatic carbocycles. The van der Waals surface area contributed by atoms with E-state index in [9.17, 15) is 14.9 Å². The first-order valence-corrected chi connectivity index (χ1v) is 10.8. The van der Waals surface area contributed by atoms with Crippen LogP contribution in [-0.2, 0) is 13.6 Å². The summed E-state index contributed by atoms with van der Waals surface area (Å²) in [5, 5.41) is 19.9. The van der Waals surface area contributed by atoms with E-state index in [4.69, 9.17) is 9.47 Å². The lowest BCUT2D eigenvalue weighted by Crippen LogP contribution is -2.31. The maximum absolute atomic E-state index is 13.2. The van der Waals surface area contributed by atoms with Gasteiger partial charge in [-0.25, -0.2) is 0 Å². The second kappa shape index (κ2) is 9.27. The van der Waals surface area contributed by atoms with Gasteiger partial charge in [-0.05, 0) is 36.9 Å². The first kappa shape index (κ1) is 21.6. The Kier molecular flexibility index (Phi) is 6.26. The molecule has 0 saturated heterocycles. The topological polar surface area (TPSA) is 113 Å². The van der Waals surface area contributed by atoms with Crippen molar-refractivity contribution < 1.29 is 19.2 Å². The molecule has 0 unspecified atom stereocenters. The minimum Gasteiger partial charge on any atom is -0.486 e. The summed E-state index contributed by atoms with van der Waals surface area (Å²) >= 11 is 1.12. The quantitative estimate of drug-likeness (QED) is 0.394. The number of hydrogen-bond acceptors (Lipinski definition) is 8. The zero-order valence-electron chi connectivity index (χ0n) is 17.6. The summed E-state index contributed by atoms with van der Waals surface area (Å²) in [7, 11) is 1.75. The molecule has 0 atom stereocenters. The Morgan fingerprint density at radius 3 is 2.81 bits per heavy atom. The Balaban J connectivity index is 1.59. The van der Waals surface area contributed by atoms with Crippen LogP contribution < -0.4 is 9.47 Å². The zero-order valence-corrected chi connectivity index (χ0v) is 18.4. The Bertz CT molecular complexity index is 1170.